The van der Waals surface area contributed by atoms with Gasteiger partial charge in [0.25, 0.3) is 0 Å². The van der Waals surface area contributed by atoms with E-state index >= 15 is 0 Å². The van der Waals surface area contributed by atoms with Crippen LogP contribution in [0.1, 0.15) is 11.4 Å². The van der Waals surface area contributed by atoms with Crippen molar-refractivity contribution in [1.29, 1.82) is 0 Å². The van der Waals surface area contributed by atoms with Crippen molar-refractivity contribution in [2.45, 2.75) is 12.1 Å². The van der Waals surface area contributed by atoms with Crippen LogP contribution in [0.4, 0.5) is 9.59 Å². The summed E-state index contributed by atoms with van der Waals surface area (Å²) in [6.07, 6.45) is 6.79. The molecule has 0 saturated carbocycles. The molecule has 4 bridgehead atoms. The molecule has 6 heterocycles. The summed E-state index contributed by atoms with van der Waals surface area (Å²) in [4.78, 5) is 37.1. The molecule has 0 spiro atoms. The fraction of sp³-hybridized carbons (Fsp3) is 0.273. The largest absolute Gasteiger partial charge is 0.442 e. The summed E-state index contributed by atoms with van der Waals surface area (Å²) in [7, 11) is -4.79. The average Bonchev–Trinajstić information content (AvgIpc) is 3.22. The predicted octanol–water partition coefficient (Wildman–Crippen LogP) is 1.29. The van der Waals surface area contributed by atoms with Crippen molar-refractivity contribution in [2.24, 2.45) is 0 Å². The molecule has 12 nitrogen and oxygen atoms in total. The maximum absolute atomic E-state index is 12.8. The highest BCUT2D eigenvalue weighted by molar-refractivity contribution is 7.81. The van der Waals surface area contributed by atoms with Gasteiger partial charge < -0.3 is 9.80 Å². The van der Waals surface area contributed by atoms with E-state index in [1.807, 2.05) is 24.3 Å². The van der Waals surface area contributed by atoms with Crippen LogP contribution in [0.5, 0.6) is 0 Å². The summed E-state index contributed by atoms with van der Waals surface area (Å²) < 4.78 is 35.7. The van der Waals surface area contributed by atoms with Crippen LogP contribution in [-0.2, 0) is 19.0 Å². The Morgan fingerprint density at radius 3 is 1.60 bits per heavy atom. The Morgan fingerprint density at radius 2 is 1.20 bits per heavy atom. The molecule has 6 rings (SSSR count). The first-order valence-electron chi connectivity index (χ1n) is 10.9. The molecule has 13 heteroatoms. The standard InChI is InChI=1S/C22H20N6O6S/c29-21-25-11-15(19-5-1-3-7-23-19)9-17(13-25)27(21)33-35(31,32)34-28-18-10-16(12-26(14-18)22(28)30)20-6-2-4-8-24-20/h1-10,17-18H,11-14H2. The quantitative estimate of drug-likeness (QED) is 0.586. The lowest BCUT2D eigenvalue weighted by Crippen LogP contribution is -2.40. The Hall–Kier alpha value is -3.81. The Bertz CT molecular complexity index is 1250. The molecular weight excluding hydrogens is 476 g/mol. The average molecular weight is 497 g/mol. The van der Waals surface area contributed by atoms with Crippen LogP contribution in [0.15, 0.2) is 60.9 Å². The molecule has 2 aromatic rings. The molecule has 0 aliphatic carbocycles. The molecule has 2 atom stereocenters. The van der Waals surface area contributed by atoms with Gasteiger partial charge in [-0.3, -0.25) is 9.97 Å². The van der Waals surface area contributed by atoms with Gasteiger partial charge >= 0.3 is 22.5 Å². The lowest BCUT2D eigenvalue weighted by atomic mass is 10.0. The van der Waals surface area contributed by atoms with Crippen LogP contribution in [0.3, 0.4) is 0 Å². The maximum Gasteiger partial charge on any atom is 0.442 e. The minimum Gasteiger partial charge on any atom is -0.316 e. The molecule has 180 valence electrons. The smallest absolute Gasteiger partial charge is 0.316 e. The molecule has 4 aliphatic rings. The van der Waals surface area contributed by atoms with E-state index in [0.717, 1.165) is 21.3 Å². The van der Waals surface area contributed by atoms with Gasteiger partial charge in [0.15, 0.2) is 0 Å². The molecular formula is C22H20N6O6S. The fourth-order valence-electron chi connectivity index (χ4n) is 4.63. The first-order valence-corrected chi connectivity index (χ1v) is 12.3. The van der Waals surface area contributed by atoms with Gasteiger partial charge in [-0.15, -0.1) is 8.57 Å². The third kappa shape index (κ3) is 3.92. The van der Waals surface area contributed by atoms with Gasteiger partial charge in [-0.1, -0.05) is 24.3 Å². The number of hydrogen-bond acceptors (Lipinski definition) is 8. The van der Waals surface area contributed by atoms with Crippen molar-refractivity contribution in [3.05, 3.63) is 72.3 Å². The minimum absolute atomic E-state index is 0.264. The topological polar surface area (TPSA) is 125 Å². The highest BCUT2D eigenvalue weighted by atomic mass is 32.3. The van der Waals surface area contributed by atoms with Crippen LogP contribution in [-0.4, -0.2) is 88.6 Å². The molecule has 2 fully saturated rings. The number of nitrogens with zero attached hydrogens (tertiary/aromatic N) is 6. The molecule has 0 radical (unpaired) electrons. The molecule has 4 amide bonds. The molecule has 2 aromatic heterocycles. The highest BCUT2D eigenvalue weighted by Crippen LogP contribution is 2.32. The van der Waals surface area contributed by atoms with Crippen molar-refractivity contribution < 1.29 is 26.6 Å². The number of hydrogen-bond donors (Lipinski definition) is 0. The van der Waals surface area contributed by atoms with Crippen molar-refractivity contribution in [2.75, 3.05) is 26.2 Å². The number of amides is 4. The van der Waals surface area contributed by atoms with E-state index in [1.165, 1.54) is 9.80 Å². The van der Waals surface area contributed by atoms with Gasteiger partial charge in [-0.25, -0.2) is 9.59 Å². The van der Waals surface area contributed by atoms with E-state index in [0.29, 0.717) is 11.4 Å². The lowest BCUT2D eigenvalue weighted by molar-refractivity contribution is -0.0723. The van der Waals surface area contributed by atoms with Gasteiger partial charge in [0.1, 0.15) is 0 Å². The van der Waals surface area contributed by atoms with Gasteiger partial charge in [0, 0.05) is 38.6 Å². The maximum atomic E-state index is 12.8. The lowest BCUT2D eigenvalue weighted by Gasteiger charge is -2.22. The van der Waals surface area contributed by atoms with E-state index in [4.69, 9.17) is 8.57 Å². The van der Waals surface area contributed by atoms with Crippen LogP contribution in [0.25, 0.3) is 11.1 Å². The van der Waals surface area contributed by atoms with Crippen molar-refractivity contribution in [3.63, 3.8) is 0 Å². The van der Waals surface area contributed by atoms with Crippen LogP contribution in [0.2, 0.25) is 0 Å². The predicted molar refractivity (Wildman–Crippen MR) is 121 cm³/mol. The van der Waals surface area contributed by atoms with Crippen LogP contribution in [0, 0.1) is 0 Å². The van der Waals surface area contributed by atoms with E-state index in [9.17, 15) is 18.0 Å². The van der Waals surface area contributed by atoms with Gasteiger partial charge in [0.2, 0.25) is 0 Å². The molecule has 2 saturated heterocycles. The summed E-state index contributed by atoms with van der Waals surface area (Å²) in [6.45, 7) is 1.07. The second kappa shape index (κ2) is 8.15. The molecule has 0 aromatic carbocycles. The van der Waals surface area contributed by atoms with E-state index < -0.39 is 34.5 Å². The number of aromatic nitrogens is 2. The van der Waals surface area contributed by atoms with Gasteiger partial charge in [-0.2, -0.15) is 18.5 Å². The Kier molecular flexibility index (Phi) is 5.05. The molecule has 0 N–H and O–H groups in total. The minimum atomic E-state index is -4.79. The Balaban J connectivity index is 1.19. The number of hydroxylamine groups is 4. The number of rotatable bonds is 6. The third-order valence-corrected chi connectivity index (χ3v) is 6.86. The van der Waals surface area contributed by atoms with E-state index in [-0.39, 0.29) is 26.2 Å². The summed E-state index contributed by atoms with van der Waals surface area (Å²) in [6, 6.07) is 8.32. The second-order valence-electron chi connectivity index (χ2n) is 8.48. The van der Waals surface area contributed by atoms with E-state index in [1.54, 1.807) is 36.7 Å². The molecule has 35 heavy (non-hydrogen) atoms. The Morgan fingerprint density at radius 1 is 0.743 bits per heavy atom. The monoisotopic (exact) mass is 496 g/mol. The fourth-order valence-corrected chi connectivity index (χ4v) is 5.40. The zero-order valence-electron chi connectivity index (χ0n) is 18.3. The first-order chi connectivity index (χ1) is 16.9. The second-order valence-corrected chi connectivity index (χ2v) is 9.60. The number of carbonyl (C=O) groups excluding carboxylic acids is 2. The zero-order valence-corrected chi connectivity index (χ0v) is 19.1. The number of pyridine rings is 2. The van der Waals surface area contributed by atoms with Crippen molar-refractivity contribution >= 4 is 33.6 Å². The normalized spacial score (nSPS) is 23.7. The Labute approximate surface area is 200 Å². The molecule has 4 aliphatic heterocycles. The van der Waals surface area contributed by atoms with Gasteiger partial charge in [0.05, 0.1) is 23.5 Å². The third-order valence-electron chi connectivity index (χ3n) is 6.18. The number of fused-ring (bicyclic) bond motifs is 4. The van der Waals surface area contributed by atoms with Crippen molar-refractivity contribution in [1.82, 2.24) is 29.9 Å². The van der Waals surface area contributed by atoms with Gasteiger partial charge in [-0.05, 0) is 35.4 Å². The summed E-state index contributed by atoms with van der Waals surface area (Å²) in [5.74, 6) is 0. The zero-order chi connectivity index (χ0) is 24.2. The first kappa shape index (κ1) is 21.7. The summed E-state index contributed by atoms with van der Waals surface area (Å²) in [5.41, 5.74) is 2.94. The van der Waals surface area contributed by atoms with Crippen molar-refractivity contribution in [3.8, 4) is 0 Å². The summed E-state index contributed by atoms with van der Waals surface area (Å²) >= 11 is 0. The molecule has 2 unspecified atom stereocenters. The van der Waals surface area contributed by atoms with Crippen LogP contribution >= 0.6 is 0 Å². The SMILES string of the molecule is O=C1N2CC(c3ccccn3)=CC(C2)N1OS(=O)(=O)ON1C(=O)N2CC(c3ccccn3)=CC1C2. The van der Waals surface area contributed by atoms with Crippen LogP contribution < -0.4 is 0 Å². The highest BCUT2D eigenvalue weighted by Gasteiger charge is 2.47. The summed E-state index contributed by atoms with van der Waals surface area (Å²) in [5, 5.41) is 1.51. The number of carbonyl (C=O) groups is 2. The van der Waals surface area contributed by atoms with E-state index in [2.05, 4.69) is 9.97 Å². The number of urea groups is 2.